The van der Waals surface area contributed by atoms with Crippen molar-refractivity contribution < 1.29 is 4.74 Å². The molecular weight excluding hydrogens is 460 g/mol. The first-order valence-electron chi connectivity index (χ1n) is 13.5. The van der Waals surface area contributed by atoms with Gasteiger partial charge in [-0.3, -0.25) is 9.13 Å². The molecule has 2 heterocycles. The number of nitrogens with zero attached hydrogens (tertiary/aromatic N) is 4. The molecule has 0 amide bonds. The highest BCUT2D eigenvalue weighted by Gasteiger charge is 2.38. The van der Waals surface area contributed by atoms with Gasteiger partial charge in [0.25, 0.3) is 0 Å². The van der Waals surface area contributed by atoms with Gasteiger partial charge in [-0.1, -0.05) is 42.5 Å². The number of imidazole rings is 1. The van der Waals surface area contributed by atoms with Gasteiger partial charge in [0.2, 0.25) is 0 Å². The first-order chi connectivity index (χ1) is 18.1. The average Bonchev–Trinajstić information content (AvgIpc) is 3.19. The Kier molecular flexibility index (Phi) is 6.39. The van der Waals surface area contributed by atoms with Crippen LogP contribution in [0.1, 0.15) is 30.4 Å². The Labute approximate surface area is 218 Å². The molecule has 192 valence electrons. The number of hydrogen-bond acceptors (Lipinski definition) is 4. The van der Waals surface area contributed by atoms with E-state index in [4.69, 9.17) is 4.74 Å². The van der Waals surface area contributed by atoms with Crippen LogP contribution in [0, 0.1) is 0 Å². The second kappa shape index (κ2) is 9.84. The van der Waals surface area contributed by atoms with Crippen LogP contribution in [-0.4, -0.2) is 54.4 Å². The van der Waals surface area contributed by atoms with Crippen LogP contribution >= 0.6 is 0 Å². The number of aryl methyl sites for hydroxylation is 2. The van der Waals surface area contributed by atoms with Gasteiger partial charge in [0.15, 0.2) is 0 Å². The highest BCUT2D eigenvalue weighted by Crippen LogP contribution is 2.44. The molecule has 1 aromatic heterocycles. The molecule has 1 saturated carbocycles. The number of piperazine rings is 1. The van der Waals surface area contributed by atoms with E-state index >= 15 is 0 Å². The maximum absolute atomic E-state index is 13.8. The first kappa shape index (κ1) is 24.0. The van der Waals surface area contributed by atoms with Crippen LogP contribution in [0.2, 0.25) is 0 Å². The van der Waals surface area contributed by atoms with E-state index in [0.29, 0.717) is 6.54 Å². The molecule has 6 rings (SSSR count). The van der Waals surface area contributed by atoms with E-state index < -0.39 is 0 Å². The molecule has 1 aliphatic heterocycles. The van der Waals surface area contributed by atoms with Crippen LogP contribution in [-0.2, 0) is 23.3 Å². The molecule has 1 aliphatic carbocycles. The molecule has 0 spiro atoms. The molecule has 0 bridgehead atoms. The highest BCUT2D eigenvalue weighted by atomic mass is 16.5. The zero-order chi connectivity index (χ0) is 25.4. The van der Waals surface area contributed by atoms with E-state index in [1.165, 1.54) is 23.2 Å². The average molecular weight is 497 g/mol. The number of aromatic nitrogens is 2. The van der Waals surface area contributed by atoms with Gasteiger partial charge in [0.05, 0.1) is 22.3 Å². The van der Waals surface area contributed by atoms with E-state index in [1.54, 1.807) is 7.11 Å². The van der Waals surface area contributed by atoms with E-state index in [-0.39, 0.29) is 11.3 Å². The highest BCUT2D eigenvalue weighted by molar-refractivity contribution is 5.78. The molecule has 0 unspecified atom stereocenters. The normalized spacial score (nSPS) is 17.7. The minimum atomic E-state index is -0.158. The number of ether oxygens (including phenoxy) is 1. The smallest absolute Gasteiger partial charge is 0.333 e. The molecule has 3 aromatic carbocycles. The Bertz CT molecular complexity index is 1430. The summed E-state index contributed by atoms with van der Waals surface area (Å²) in [5.74, 6) is 0. The van der Waals surface area contributed by atoms with E-state index in [0.717, 1.165) is 62.2 Å². The number of likely N-dealkylation sites (N-methyl/N-ethyl adjacent to an activating group) is 1. The van der Waals surface area contributed by atoms with Gasteiger partial charge in [-0.2, -0.15) is 0 Å². The van der Waals surface area contributed by atoms with Crippen molar-refractivity contribution in [2.45, 2.75) is 37.8 Å². The van der Waals surface area contributed by atoms with Gasteiger partial charge in [0.1, 0.15) is 0 Å². The van der Waals surface area contributed by atoms with Crippen molar-refractivity contribution in [1.29, 1.82) is 0 Å². The van der Waals surface area contributed by atoms with Crippen LogP contribution in [0.4, 0.5) is 5.69 Å². The van der Waals surface area contributed by atoms with Gasteiger partial charge in [-0.05, 0) is 74.2 Å². The predicted octanol–water partition coefficient (Wildman–Crippen LogP) is 4.81. The van der Waals surface area contributed by atoms with Gasteiger partial charge in [-0.25, -0.2) is 4.79 Å². The maximum atomic E-state index is 13.8. The number of hydrogen-bond donors (Lipinski definition) is 0. The molecule has 0 radical (unpaired) electrons. The summed E-state index contributed by atoms with van der Waals surface area (Å²) >= 11 is 0. The monoisotopic (exact) mass is 496 g/mol. The van der Waals surface area contributed by atoms with Crippen molar-refractivity contribution in [3.63, 3.8) is 0 Å². The van der Waals surface area contributed by atoms with Crippen molar-refractivity contribution in [1.82, 2.24) is 14.0 Å². The fourth-order valence-electron chi connectivity index (χ4n) is 6.01. The molecule has 1 saturated heterocycles. The third-order valence-electron chi connectivity index (χ3n) is 8.48. The number of methoxy groups -OCH3 is 1. The maximum Gasteiger partial charge on any atom is 0.333 e. The van der Waals surface area contributed by atoms with Crippen molar-refractivity contribution in [3.8, 4) is 5.69 Å². The summed E-state index contributed by atoms with van der Waals surface area (Å²) in [5.41, 5.74) is 6.45. The minimum Gasteiger partial charge on any atom is -0.374 e. The number of para-hydroxylation sites is 3. The lowest BCUT2D eigenvalue weighted by Gasteiger charge is -2.41. The number of anilines is 1. The Morgan fingerprint density at radius 1 is 0.838 bits per heavy atom. The first-order valence-corrected chi connectivity index (χ1v) is 13.5. The third-order valence-corrected chi connectivity index (χ3v) is 8.48. The topological polar surface area (TPSA) is 42.6 Å². The lowest BCUT2D eigenvalue weighted by atomic mass is 9.75. The summed E-state index contributed by atoms with van der Waals surface area (Å²) in [4.78, 5) is 18.7. The summed E-state index contributed by atoms with van der Waals surface area (Å²) < 4.78 is 9.65. The Morgan fingerprint density at radius 2 is 1.51 bits per heavy atom. The fourth-order valence-corrected chi connectivity index (χ4v) is 6.01. The van der Waals surface area contributed by atoms with Crippen molar-refractivity contribution in [2.75, 3.05) is 45.2 Å². The number of benzene rings is 3. The molecule has 6 heteroatoms. The van der Waals surface area contributed by atoms with E-state index in [2.05, 4.69) is 71.4 Å². The van der Waals surface area contributed by atoms with Crippen molar-refractivity contribution >= 4 is 16.7 Å². The molecule has 0 atom stereocenters. The number of rotatable bonds is 7. The SMILES string of the molecule is COC1(c2ccc(-n3c(=O)n(CCc4ccccc4N4CCN(C)CC4)c4ccccc43)cc2)CCC1. The summed E-state index contributed by atoms with van der Waals surface area (Å²) in [7, 11) is 3.98. The Morgan fingerprint density at radius 3 is 2.19 bits per heavy atom. The molecule has 4 aromatic rings. The Balaban J connectivity index is 1.31. The zero-order valence-corrected chi connectivity index (χ0v) is 21.9. The van der Waals surface area contributed by atoms with Crippen molar-refractivity contribution in [2.24, 2.45) is 0 Å². The van der Waals surface area contributed by atoms with Crippen molar-refractivity contribution in [3.05, 3.63) is 94.4 Å². The number of fused-ring (bicyclic) bond motifs is 1. The van der Waals surface area contributed by atoms with Crippen LogP contribution in [0.25, 0.3) is 16.7 Å². The van der Waals surface area contributed by atoms with Crippen LogP contribution < -0.4 is 10.6 Å². The predicted molar refractivity (Wildman–Crippen MR) is 150 cm³/mol. The fraction of sp³-hybridized carbons (Fsp3) is 0.387. The lowest BCUT2D eigenvalue weighted by Crippen LogP contribution is -2.44. The second-order valence-electron chi connectivity index (χ2n) is 10.5. The van der Waals surface area contributed by atoms with E-state index in [9.17, 15) is 4.79 Å². The molecule has 6 nitrogen and oxygen atoms in total. The minimum absolute atomic E-state index is 0.0103. The van der Waals surface area contributed by atoms with Crippen LogP contribution in [0.3, 0.4) is 0 Å². The van der Waals surface area contributed by atoms with E-state index in [1.807, 2.05) is 27.3 Å². The second-order valence-corrected chi connectivity index (χ2v) is 10.5. The lowest BCUT2D eigenvalue weighted by molar-refractivity contribution is -0.0778. The largest absolute Gasteiger partial charge is 0.374 e. The van der Waals surface area contributed by atoms with Gasteiger partial charge >= 0.3 is 5.69 Å². The standard InChI is InChI=1S/C31H36N4O2/c1-32-20-22-33(23-21-32)27-9-4-3-8-24(27)16-19-34-28-10-5-6-11-29(28)35(30(34)36)26-14-12-25(13-15-26)31(37-2)17-7-18-31/h3-6,8-15H,7,16-23H2,1-2H3. The summed E-state index contributed by atoms with van der Waals surface area (Å²) in [6.45, 7) is 4.86. The summed E-state index contributed by atoms with van der Waals surface area (Å²) in [6.07, 6.45) is 4.11. The summed E-state index contributed by atoms with van der Waals surface area (Å²) in [6, 6.07) is 25.2. The summed E-state index contributed by atoms with van der Waals surface area (Å²) in [5, 5.41) is 0. The van der Waals surface area contributed by atoms with Gasteiger partial charge in [-0.15, -0.1) is 0 Å². The quantitative estimate of drug-likeness (QED) is 0.368. The Hall–Kier alpha value is -3.35. The van der Waals surface area contributed by atoms with Crippen LogP contribution in [0.15, 0.2) is 77.6 Å². The zero-order valence-electron chi connectivity index (χ0n) is 21.9. The van der Waals surface area contributed by atoms with Crippen LogP contribution in [0.5, 0.6) is 0 Å². The van der Waals surface area contributed by atoms with Gasteiger partial charge in [0, 0.05) is 45.5 Å². The molecule has 37 heavy (non-hydrogen) atoms. The molecule has 0 N–H and O–H groups in total. The van der Waals surface area contributed by atoms with Gasteiger partial charge < -0.3 is 14.5 Å². The molecule has 2 aliphatic rings. The molecule has 2 fully saturated rings. The third kappa shape index (κ3) is 4.28. The molecular formula is C31H36N4O2.